The topological polar surface area (TPSA) is 26.0 Å². The second-order valence-corrected chi connectivity index (χ2v) is 7.22. The molecule has 20 heavy (non-hydrogen) atoms. The molecule has 2 rings (SSSR count). The summed E-state index contributed by atoms with van der Waals surface area (Å²) in [5.74, 6) is 2.50. The van der Waals surface area contributed by atoms with Crippen LogP contribution in [0.4, 0.5) is 0 Å². The van der Waals surface area contributed by atoms with Gasteiger partial charge >= 0.3 is 0 Å². The summed E-state index contributed by atoms with van der Waals surface area (Å²) >= 11 is 0. The minimum atomic E-state index is 0.337. The fraction of sp³-hybridized carbons (Fsp3) is 0.684. The molecule has 1 heteroatoms. The van der Waals surface area contributed by atoms with E-state index in [1.807, 2.05) is 0 Å². The second kappa shape index (κ2) is 6.76. The van der Waals surface area contributed by atoms with E-state index in [4.69, 9.17) is 5.73 Å². The van der Waals surface area contributed by atoms with E-state index in [0.29, 0.717) is 6.04 Å². The monoisotopic (exact) mass is 273 g/mol. The van der Waals surface area contributed by atoms with Crippen LogP contribution in [0.15, 0.2) is 18.2 Å². The molecule has 0 heterocycles. The second-order valence-electron chi connectivity index (χ2n) is 7.22. The van der Waals surface area contributed by atoms with Crippen LogP contribution in [-0.2, 0) is 6.42 Å². The van der Waals surface area contributed by atoms with Crippen molar-refractivity contribution < 1.29 is 0 Å². The minimum absolute atomic E-state index is 0.337. The van der Waals surface area contributed by atoms with Gasteiger partial charge in [0.05, 0.1) is 0 Å². The molecule has 1 aromatic rings. The zero-order valence-electron chi connectivity index (χ0n) is 13.7. The number of hydrogen-bond acceptors (Lipinski definition) is 1. The van der Waals surface area contributed by atoms with Gasteiger partial charge in [-0.25, -0.2) is 0 Å². The Kier molecular flexibility index (Phi) is 5.26. The maximum absolute atomic E-state index is 6.52. The van der Waals surface area contributed by atoms with Crippen LogP contribution in [0.5, 0.6) is 0 Å². The first-order chi connectivity index (χ1) is 9.47. The average molecular weight is 273 g/mol. The summed E-state index contributed by atoms with van der Waals surface area (Å²) < 4.78 is 0. The molecule has 0 radical (unpaired) electrons. The number of nitrogens with two attached hydrogens (primary N) is 1. The molecule has 1 saturated carbocycles. The van der Waals surface area contributed by atoms with E-state index in [0.717, 1.165) is 24.2 Å². The van der Waals surface area contributed by atoms with Gasteiger partial charge in [0.2, 0.25) is 0 Å². The van der Waals surface area contributed by atoms with Crippen molar-refractivity contribution in [1.29, 1.82) is 0 Å². The predicted molar refractivity (Wildman–Crippen MR) is 87.9 cm³/mol. The maximum atomic E-state index is 6.52. The Morgan fingerprint density at radius 2 is 1.65 bits per heavy atom. The lowest BCUT2D eigenvalue weighted by molar-refractivity contribution is 0.202. The van der Waals surface area contributed by atoms with Crippen molar-refractivity contribution in [2.24, 2.45) is 23.5 Å². The van der Waals surface area contributed by atoms with Crippen LogP contribution >= 0.6 is 0 Å². The minimum Gasteiger partial charge on any atom is -0.327 e. The summed E-state index contributed by atoms with van der Waals surface area (Å²) in [6.45, 7) is 9.10. The maximum Gasteiger partial charge on any atom is 0.0108 e. The molecule has 0 saturated heterocycles. The Balaban J connectivity index is 1.92. The molecule has 1 fully saturated rings. The van der Waals surface area contributed by atoms with Gasteiger partial charge in [-0.05, 0) is 74.8 Å². The Hall–Kier alpha value is -0.820. The number of benzene rings is 1. The van der Waals surface area contributed by atoms with Gasteiger partial charge in [0.1, 0.15) is 0 Å². The summed E-state index contributed by atoms with van der Waals surface area (Å²) in [6.07, 6.45) is 6.46. The number of rotatable bonds is 4. The summed E-state index contributed by atoms with van der Waals surface area (Å²) in [7, 11) is 0. The Morgan fingerprint density at radius 1 is 1.05 bits per heavy atom. The molecule has 112 valence electrons. The van der Waals surface area contributed by atoms with E-state index < -0.39 is 0 Å². The van der Waals surface area contributed by atoms with Crippen molar-refractivity contribution in [2.75, 3.05) is 0 Å². The summed E-state index contributed by atoms with van der Waals surface area (Å²) in [6, 6.07) is 7.07. The summed E-state index contributed by atoms with van der Waals surface area (Å²) in [5, 5.41) is 0. The lowest BCUT2D eigenvalue weighted by Gasteiger charge is -2.34. The van der Waals surface area contributed by atoms with Gasteiger partial charge in [0, 0.05) is 6.04 Å². The van der Waals surface area contributed by atoms with Crippen LogP contribution in [0.1, 0.15) is 56.2 Å². The first kappa shape index (κ1) is 15.6. The fourth-order valence-electron chi connectivity index (χ4n) is 3.68. The van der Waals surface area contributed by atoms with Crippen molar-refractivity contribution in [3.63, 3.8) is 0 Å². The molecule has 1 aliphatic rings. The van der Waals surface area contributed by atoms with Crippen LogP contribution < -0.4 is 5.73 Å². The Labute approximate surface area is 125 Å². The molecule has 0 spiro atoms. The SMILES string of the molecule is Cc1ccc(C)c(CC(N)C2CCC(C(C)C)CC2)c1. The molecule has 0 amide bonds. The van der Waals surface area contributed by atoms with Crippen molar-refractivity contribution >= 4 is 0 Å². The number of aryl methyl sites for hydroxylation is 2. The molecule has 1 unspecified atom stereocenters. The van der Waals surface area contributed by atoms with Gasteiger partial charge in [-0.15, -0.1) is 0 Å². The standard InChI is InChI=1S/C19H31N/c1-13(2)16-7-9-17(10-8-16)19(20)12-18-11-14(3)5-6-15(18)4/h5-6,11,13,16-17,19H,7-10,12,20H2,1-4H3. The third-order valence-electron chi connectivity index (χ3n) is 5.33. The highest BCUT2D eigenvalue weighted by Gasteiger charge is 2.27. The van der Waals surface area contributed by atoms with Gasteiger partial charge in [0.15, 0.2) is 0 Å². The lowest BCUT2D eigenvalue weighted by atomic mass is 9.73. The van der Waals surface area contributed by atoms with Crippen LogP contribution in [-0.4, -0.2) is 6.04 Å². The lowest BCUT2D eigenvalue weighted by Crippen LogP contribution is -2.35. The molecule has 0 aromatic heterocycles. The Bertz CT molecular complexity index is 427. The molecule has 1 atom stereocenters. The smallest absolute Gasteiger partial charge is 0.0108 e. The zero-order valence-corrected chi connectivity index (χ0v) is 13.7. The fourth-order valence-corrected chi connectivity index (χ4v) is 3.68. The van der Waals surface area contributed by atoms with Gasteiger partial charge in [-0.3, -0.25) is 0 Å². The van der Waals surface area contributed by atoms with Crippen molar-refractivity contribution in [2.45, 2.75) is 65.8 Å². The van der Waals surface area contributed by atoms with Crippen molar-refractivity contribution in [3.05, 3.63) is 34.9 Å². The molecule has 1 nitrogen and oxygen atoms in total. The molecule has 0 bridgehead atoms. The Morgan fingerprint density at radius 3 is 2.25 bits per heavy atom. The van der Waals surface area contributed by atoms with E-state index in [9.17, 15) is 0 Å². The highest BCUT2D eigenvalue weighted by molar-refractivity contribution is 5.31. The molecular formula is C19H31N. The van der Waals surface area contributed by atoms with Crippen molar-refractivity contribution in [3.8, 4) is 0 Å². The largest absolute Gasteiger partial charge is 0.327 e. The van der Waals surface area contributed by atoms with Crippen molar-refractivity contribution in [1.82, 2.24) is 0 Å². The summed E-state index contributed by atoms with van der Waals surface area (Å²) in [4.78, 5) is 0. The quantitative estimate of drug-likeness (QED) is 0.850. The van der Waals surface area contributed by atoms with Crippen LogP contribution in [0.3, 0.4) is 0 Å². The van der Waals surface area contributed by atoms with Gasteiger partial charge in [-0.1, -0.05) is 37.6 Å². The van der Waals surface area contributed by atoms with E-state index >= 15 is 0 Å². The van der Waals surface area contributed by atoms with E-state index in [2.05, 4.69) is 45.9 Å². The molecule has 1 aromatic carbocycles. The highest BCUT2D eigenvalue weighted by atomic mass is 14.7. The molecule has 0 aliphatic heterocycles. The molecule has 1 aliphatic carbocycles. The highest BCUT2D eigenvalue weighted by Crippen LogP contribution is 2.35. The van der Waals surface area contributed by atoms with Gasteiger partial charge < -0.3 is 5.73 Å². The average Bonchev–Trinajstić information content (AvgIpc) is 2.43. The third-order valence-corrected chi connectivity index (χ3v) is 5.33. The zero-order chi connectivity index (χ0) is 14.7. The predicted octanol–water partition coefficient (Wildman–Crippen LogP) is 4.64. The first-order valence-corrected chi connectivity index (χ1v) is 8.29. The van der Waals surface area contributed by atoms with E-state index in [1.54, 1.807) is 0 Å². The summed E-state index contributed by atoms with van der Waals surface area (Å²) in [5.41, 5.74) is 10.7. The van der Waals surface area contributed by atoms with Crippen LogP contribution in [0, 0.1) is 31.6 Å². The third kappa shape index (κ3) is 3.85. The van der Waals surface area contributed by atoms with E-state index in [1.165, 1.54) is 42.4 Å². The van der Waals surface area contributed by atoms with Gasteiger partial charge in [-0.2, -0.15) is 0 Å². The normalized spacial score (nSPS) is 24.9. The molecule has 2 N–H and O–H groups in total. The van der Waals surface area contributed by atoms with E-state index in [-0.39, 0.29) is 0 Å². The molecular weight excluding hydrogens is 242 g/mol. The first-order valence-electron chi connectivity index (χ1n) is 8.29. The van der Waals surface area contributed by atoms with Gasteiger partial charge in [0.25, 0.3) is 0 Å². The van der Waals surface area contributed by atoms with Crippen LogP contribution in [0.2, 0.25) is 0 Å². The number of hydrogen-bond donors (Lipinski definition) is 1. The van der Waals surface area contributed by atoms with Crippen LogP contribution in [0.25, 0.3) is 0 Å².